The highest BCUT2D eigenvalue weighted by Crippen LogP contribution is 2.27. The fraction of sp³-hybridized carbons (Fsp3) is 0.375. The first-order chi connectivity index (χ1) is 11.5. The Kier molecular flexibility index (Phi) is 4.48. The lowest BCUT2D eigenvalue weighted by molar-refractivity contribution is 0.0948. The van der Waals surface area contributed by atoms with Crippen LogP contribution >= 0.6 is 0 Å². The number of anilines is 1. The Morgan fingerprint density at radius 2 is 2.17 bits per heavy atom. The summed E-state index contributed by atoms with van der Waals surface area (Å²) >= 11 is 0. The van der Waals surface area contributed by atoms with Gasteiger partial charge in [0.1, 0.15) is 0 Å². The van der Waals surface area contributed by atoms with E-state index in [1.165, 1.54) is 12.1 Å². The Bertz CT molecular complexity index is 774. The van der Waals surface area contributed by atoms with E-state index in [1.807, 2.05) is 4.90 Å². The molecule has 2 heterocycles. The molecule has 3 rings (SSSR count). The highest BCUT2D eigenvalue weighted by atomic mass is 19.2. The molecule has 24 heavy (non-hydrogen) atoms. The van der Waals surface area contributed by atoms with E-state index in [-0.39, 0.29) is 5.91 Å². The van der Waals surface area contributed by atoms with Crippen LogP contribution in [0.1, 0.15) is 21.7 Å². The van der Waals surface area contributed by atoms with Gasteiger partial charge in [-0.2, -0.15) is 5.10 Å². The lowest BCUT2D eigenvalue weighted by Gasteiger charge is -2.29. The first-order valence-corrected chi connectivity index (χ1v) is 7.74. The third-order valence-electron chi connectivity index (χ3n) is 4.16. The summed E-state index contributed by atoms with van der Waals surface area (Å²) in [5.74, 6) is -2.03. The molecule has 0 aliphatic carbocycles. The minimum atomic E-state index is -0.884. The number of carbonyl (C=O) groups excluding carboxylic acids is 1. The summed E-state index contributed by atoms with van der Waals surface area (Å²) in [6.45, 7) is 1.78. The molecule has 1 aliphatic rings. The van der Waals surface area contributed by atoms with E-state index in [0.29, 0.717) is 44.0 Å². The minimum Gasteiger partial charge on any atom is -0.367 e. The van der Waals surface area contributed by atoms with E-state index >= 15 is 0 Å². The van der Waals surface area contributed by atoms with Crippen molar-refractivity contribution in [3.8, 4) is 0 Å². The zero-order chi connectivity index (χ0) is 17.3. The third-order valence-corrected chi connectivity index (χ3v) is 4.16. The fourth-order valence-electron chi connectivity index (χ4n) is 2.95. The van der Waals surface area contributed by atoms with Crippen LogP contribution in [0.3, 0.4) is 0 Å². The molecular weight excluding hydrogens is 316 g/mol. The summed E-state index contributed by atoms with van der Waals surface area (Å²) in [6, 6.07) is 3.82. The number of nitrogens with zero attached hydrogens (tertiary/aromatic N) is 3. The molecule has 0 unspecified atom stereocenters. The smallest absolute Gasteiger partial charge is 0.272 e. The molecule has 2 aromatic rings. The number of hydrogen-bond acceptors (Lipinski definition) is 4. The molecule has 0 saturated carbocycles. The molecule has 1 aromatic heterocycles. The number of nitrogens with one attached hydrogen (secondary N) is 1. The molecule has 128 valence electrons. The number of nitrogens with two attached hydrogens (primary N) is 1. The van der Waals surface area contributed by atoms with Crippen LogP contribution in [0.2, 0.25) is 0 Å². The minimum absolute atomic E-state index is 0.274. The largest absolute Gasteiger partial charge is 0.367 e. The van der Waals surface area contributed by atoms with Crippen molar-refractivity contribution in [3.63, 3.8) is 0 Å². The van der Waals surface area contributed by atoms with Gasteiger partial charge in [0.15, 0.2) is 17.3 Å². The second kappa shape index (κ2) is 6.56. The van der Waals surface area contributed by atoms with Gasteiger partial charge in [-0.25, -0.2) is 8.78 Å². The average Bonchev–Trinajstić information content (AvgIpc) is 2.91. The molecule has 1 aliphatic heterocycles. The highest BCUT2D eigenvalue weighted by molar-refractivity contribution is 5.94. The van der Waals surface area contributed by atoms with Gasteiger partial charge in [-0.05, 0) is 12.1 Å². The molecule has 0 saturated heterocycles. The van der Waals surface area contributed by atoms with E-state index in [0.717, 1.165) is 17.3 Å². The maximum absolute atomic E-state index is 13.5. The number of amides is 1. The molecule has 0 radical (unpaired) electrons. The molecule has 0 atom stereocenters. The lowest BCUT2D eigenvalue weighted by atomic mass is 10.0. The number of hydrogen-bond donors (Lipinski definition) is 2. The van der Waals surface area contributed by atoms with Gasteiger partial charge in [0.2, 0.25) is 0 Å². The van der Waals surface area contributed by atoms with Crippen LogP contribution in [0, 0.1) is 11.6 Å². The van der Waals surface area contributed by atoms with Crippen molar-refractivity contribution in [1.29, 1.82) is 0 Å². The fourth-order valence-corrected chi connectivity index (χ4v) is 2.95. The average molecular weight is 335 g/mol. The number of halogens is 2. The summed E-state index contributed by atoms with van der Waals surface area (Å²) in [5, 5.41) is 7.02. The summed E-state index contributed by atoms with van der Waals surface area (Å²) in [7, 11) is 1.80. The van der Waals surface area contributed by atoms with E-state index < -0.39 is 11.6 Å². The van der Waals surface area contributed by atoms with E-state index in [4.69, 9.17) is 5.73 Å². The highest BCUT2D eigenvalue weighted by Gasteiger charge is 2.27. The van der Waals surface area contributed by atoms with Crippen molar-refractivity contribution >= 4 is 11.6 Å². The molecule has 0 bridgehead atoms. The predicted octanol–water partition coefficient (Wildman–Crippen LogP) is 0.949. The quantitative estimate of drug-likeness (QED) is 0.872. The maximum atomic E-state index is 13.5. The van der Waals surface area contributed by atoms with Gasteiger partial charge in [0, 0.05) is 62.7 Å². The number of fused-ring (bicyclic) bond motifs is 1. The summed E-state index contributed by atoms with van der Waals surface area (Å²) in [4.78, 5) is 14.2. The van der Waals surface area contributed by atoms with Crippen molar-refractivity contribution < 1.29 is 13.6 Å². The van der Waals surface area contributed by atoms with Gasteiger partial charge >= 0.3 is 0 Å². The molecule has 8 heteroatoms. The second-order valence-corrected chi connectivity index (χ2v) is 5.71. The lowest BCUT2D eigenvalue weighted by Crippen LogP contribution is -2.33. The Morgan fingerprint density at radius 1 is 1.38 bits per heavy atom. The van der Waals surface area contributed by atoms with Crippen LogP contribution < -0.4 is 16.0 Å². The van der Waals surface area contributed by atoms with Gasteiger partial charge in [-0.15, -0.1) is 0 Å². The number of benzene rings is 1. The molecule has 0 spiro atoms. The Balaban J connectivity index is 1.88. The molecule has 3 N–H and O–H groups in total. The molecule has 0 fully saturated rings. The normalized spacial score (nSPS) is 13.8. The van der Waals surface area contributed by atoms with Crippen LogP contribution in [0.15, 0.2) is 18.2 Å². The molecule has 1 amide bonds. The maximum Gasteiger partial charge on any atom is 0.272 e. The SMILES string of the molecule is Cn1nc(C(=O)NCCN)c2c1CCN(c1ccc(F)c(F)c1)C2. The number of rotatable bonds is 4. The van der Waals surface area contributed by atoms with Crippen LogP contribution in [-0.2, 0) is 20.0 Å². The van der Waals surface area contributed by atoms with Gasteiger partial charge < -0.3 is 16.0 Å². The topological polar surface area (TPSA) is 76.2 Å². The van der Waals surface area contributed by atoms with E-state index in [1.54, 1.807) is 11.7 Å². The van der Waals surface area contributed by atoms with E-state index in [2.05, 4.69) is 10.4 Å². The molecule has 1 aromatic carbocycles. The van der Waals surface area contributed by atoms with Crippen molar-refractivity contribution in [3.05, 3.63) is 46.8 Å². The Labute approximate surface area is 138 Å². The van der Waals surface area contributed by atoms with Crippen LogP contribution in [0.4, 0.5) is 14.5 Å². The number of carbonyl (C=O) groups is 1. The third kappa shape index (κ3) is 2.96. The standard InChI is InChI=1S/C16H19F2N5O/c1-22-14-4-7-23(10-2-3-12(17)13(18)8-10)9-11(14)15(21-22)16(24)20-6-5-19/h2-3,8H,4-7,9,19H2,1H3,(H,20,24). The number of aryl methyl sites for hydroxylation is 1. The van der Waals surface area contributed by atoms with Crippen LogP contribution in [-0.4, -0.2) is 35.3 Å². The van der Waals surface area contributed by atoms with Gasteiger partial charge in [0.25, 0.3) is 5.91 Å². The Morgan fingerprint density at radius 3 is 2.88 bits per heavy atom. The van der Waals surface area contributed by atoms with Gasteiger partial charge in [-0.1, -0.05) is 0 Å². The van der Waals surface area contributed by atoms with Crippen molar-refractivity contribution in [2.24, 2.45) is 12.8 Å². The number of aromatic nitrogens is 2. The summed E-state index contributed by atoms with van der Waals surface area (Å²) in [5.41, 5.74) is 8.13. The first kappa shape index (κ1) is 16.4. The van der Waals surface area contributed by atoms with Crippen molar-refractivity contribution in [1.82, 2.24) is 15.1 Å². The predicted molar refractivity (Wildman–Crippen MR) is 85.7 cm³/mol. The van der Waals surface area contributed by atoms with Crippen molar-refractivity contribution in [2.75, 3.05) is 24.5 Å². The van der Waals surface area contributed by atoms with Crippen LogP contribution in [0.25, 0.3) is 0 Å². The summed E-state index contributed by atoms with van der Waals surface area (Å²) in [6.07, 6.45) is 0.669. The van der Waals surface area contributed by atoms with Crippen LogP contribution in [0.5, 0.6) is 0 Å². The van der Waals surface area contributed by atoms with E-state index in [9.17, 15) is 13.6 Å². The molecule has 6 nitrogen and oxygen atoms in total. The monoisotopic (exact) mass is 335 g/mol. The first-order valence-electron chi connectivity index (χ1n) is 7.74. The van der Waals surface area contributed by atoms with Gasteiger partial charge in [0.05, 0.1) is 0 Å². The Hall–Kier alpha value is -2.48. The zero-order valence-corrected chi connectivity index (χ0v) is 13.4. The second-order valence-electron chi connectivity index (χ2n) is 5.71. The summed E-state index contributed by atoms with van der Waals surface area (Å²) < 4.78 is 28.3. The van der Waals surface area contributed by atoms with Gasteiger partial charge in [-0.3, -0.25) is 9.48 Å². The molecular formula is C16H19F2N5O. The van der Waals surface area contributed by atoms with Crippen molar-refractivity contribution in [2.45, 2.75) is 13.0 Å². The zero-order valence-electron chi connectivity index (χ0n) is 13.4.